The van der Waals surface area contributed by atoms with Gasteiger partial charge in [-0.05, 0) is 50.3 Å². The summed E-state index contributed by atoms with van der Waals surface area (Å²) >= 11 is 0. The van der Waals surface area contributed by atoms with Crippen molar-refractivity contribution in [3.63, 3.8) is 0 Å². The minimum atomic E-state index is -0.176. The van der Waals surface area contributed by atoms with Crippen molar-refractivity contribution in [3.8, 4) is 0 Å². The standard InChI is InChI=1S/C14H21FN2/c1-10(11-2-4-12(15)5-3-11)17-14-8-6-13(16)7-9-14/h2-5,10,13-14,17H,6-9,16H2,1H3/t10-,13?,14?/m0/s1. The Kier molecular flexibility index (Phi) is 4.13. The van der Waals surface area contributed by atoms with E-state index in [0.29, 0.717) is 12.1 Å². The Hall–Kier alpha value is -0.930. The molecule has 0 spiro atoms. The minimum Gasteiger partial charge on any atom is -0.328 e. The van der Waals surface area contributed by atoms with Crippen molar-refractivity contribution in [2.24, 2.45) is 5.73 Å². The van der Waals surface area contributed by atoms with Crippen LogP contribution in [0.3, 0.4) is 0 Å². The first-order valence-corrected chi connectivity index (χ1v) is 6.42. The van der Waals surface area contributed by atoms with Gasteiger partial charge < -0.3 is 11.1 Å². The molecule has 17 heavy (non-hydrogen) atoms. The van der Waals surface area contributed by atoms with Crippen LogP contribution in [0.15, 0.2) is 24.3 Å². The zero-order valence-corrected chi connectivity index (χ0v) is 10.3. The van der Waals surface area contributed by atoms with Gasteiger partial charge in [0, 0.05) is 18.1 Å². The van der Waals surface area contributed by atoms with E-state index in [0.717, 1.165) is 31.2 Å². The number of nitrogens with two attached hydrogens (primary N) is 1. The Labute approximate surface area is 102 Å². The molecule has 1 aliphatic carbocycles. The number of rotatable bonds is 3. The highest BCUT2D eigenvalue weighted by Crippen LogP contribution is 2.21. The maximum absolute atomic E-state index is 12.8. The fourth-order valence-electron chi connectivity index (χ4n) is 2.49. The summed E-state index contributed by atoms with van der Waals surface area (Å²) < 4.78 is 12.8. The third-order valence-corrected chi connectivity index (χ3v) is 3.63. The quantitative estimate of drug-likeness (QED) is 0.847. The first-order valence-electron chi connectivity index (χ1n) is 6.42. The predicted molar refractivity (Wildman–Crippen MR) is 68.2 cm³/mol. The summed E-state index contributed by atoms with van der Waals surface area (Å²) in [6.45, 7) is 2.13. The lowest BCUT2D eigenvalue weighted by Gasteiger charge is -2.29. The molecule has 3 N–H and O–H groups in total. The molecule has 1 atom stereocenters. The first kappa shape index (κ1) is 12.5. The summed E-state index contributed by atoms with van der Waals surface area (Å²) in [5, 5.41) is 3.60. The Morgan fingerprint density at radius 1 is 1.18 bits per heavy atom. The van der Waals surface area contributed by atoms with Crippen molar-refractivity contribution in [1.29, 1.82) is 0 Å². The molecule has 0 aliphatic heterocycles. The summed E-state index contributed by atoms with van der Waals surface area (Å²) in [7, 11) is 0. The molecule has 0 bridgehead atoms. The molecular weight excluding hydrogens is 215 g/mol. The molecule has 1 aliphatic rings. The van der Waals surface area contributed by atoms with E-state index >= 15 is 0 Å². The van der Waals surface area contributed by atoms with E-state index in [1.165, 1.54) is 12.1 Å². The lowest BCUT2D eigenvalue weighted by atomic mass is 9.91. The fraction of sp³-hybridized carbons (Fsp3) is 0.571. The van der Waals surface area contributed by atoms with Crippen LogP contribution in [-0.2, 0) is 0 Å². The Balaban J connectivity index is 1.88. The van der Waals surface area contributed by atoms with Crippen LogP contribution in [0.2, 0.25) is 0 Å². The van der Waals surface area contributed by atoms with Crippen LogP contribution in [0, 0.1) is 5.82 Å². The van der Waals surface area contributed by atoms with E-state index in [-0.39, 0.29) is 11.9 Å². The molecule has 0 saturated heterocycles. The van der Waals surface area contributed by atoms with Crippen molar-refractivity contribution in [1.82, 2.24) is 5.32 Å². The van der Waals surface area contributed by atoms with Crippen LogP contribution in [-0.4, -0.2) is 12.1 Å². The van der Waals surface area contributed by atoms with Gasteiger partial charge in [-0.3, -0.25) is 0 Å². The second-order valence-electron chi connectivity index (χ2n) is 5.05. The summed E-state index contributed by atoms with van der Waals surface area (Å²) in [5.74, 6) is -0.176. The van der Waals surface area contributed by atoms with E-state index in [4.69, 9.17) is 5.73 Å². The zero-order valence-electron chi connectivity index (χ0n) is 10.3. The molecule has 3 heteroatoms. The second-order valence-corrected chi connectivity index (χ2v) is 5.05. The lowest BCUT2D eigenvalue weighted by molar-refractivity contribution is 0.322. The maximum Gasteiger partial charge on any atom is 0.123 e. The van der Waals surface area contributed by atoms with Crippen molar-refractivity contribution < 1.29 is 4.39 Å². The summed E-state index contributed by atoms with van der Waals surface area (Å²) in [6, 6.07) is 7.94. The SMILES string of the molecule is C[C@H](NC1CCC(N)CC1)c1ccc(F)cc1. The van der Waals surface area contributed by atoms with Gasteiger partial charge in [0.1, 0.15) is 5.82 Å². The van der Waals surface area contributed by atoms with E-state index in [1.807, 2.05) is 12.1 Å². The molecule has 0 aromatic heterocycles. The first-order chi connectivity index (χ1) is 8.15. The van der Waals surface area contributed by atoms with Crippen LogP contribution >= 0.6 is 0 Å². The topological polar surface area (TPSA) is 38.0 Å². The molecule has 2 nitrogen and oxygen atoms in total. The lowest BCUT2D eigenvalue weighted by Crippen LogP contribution is -2.38. The molecule has 1 fully saturated rings. The normalized spacial score (nSPS) is 26.8. The maximum atomic E-state index is 12.8. The fourth-order valence-corrected chi connectivity index (χ4v) is 2.49. The van der Waals surface area contributed by atoms with Gasteiger partial charge in [-0.25, -0.2) is 4.39 Å². The van der Waals surface area contributed by atoms with Gasteiger partial charge in [-0.15, -0.1) is 0 Å². The van der Waals surface area contributed by atoms with E-state index in [9.17, 15) is 4.39 Å². The Morgan fingerprint density at radius 3 is 2.35 bits per heavy atom. The number of benzene rings is 1. The molecule has 0 unspecified atom stereocenters. The number of nitrogens with one attached hydrogen (secondary N) is 1. The van der Waals surface area contributed by atoms with E-state index < -0.39 is 0 Å². The van der Waals surface area contributed by atoms with Crippen LogP contribution in [0.1, 0.15) is 44.2 Å². The summed E-state index contributed by atoms with van der Waals surface area (Å²) in [6.07, 6.45) is 4.50. The van der Waals surface area contributed by atoms with Crippen molar-refractivity contribution in [3.05, 3.63) is 35.6 Å². The van der Waals surface area contributed by atoms with Gasteiger partial charge in [0.05, 0.1) is 0 Å². The van der Waals surface area contributed by atoms with Crippen LogP contribution < -0.4 is 11.1 Å². The zero-order chi connectivity index (χ0) is 12.3. The van der Waals surface area contributed by atoms with Gasteiger partial charge in [-0.2, -0.15) is 0 Å². The van der Waals surface area contributed by atoms with Gasteiger partial charge in [-0.1, -0.05) is 12.1 Å². The molecule has 0 amide bonds. The molecular formula is C14H21FN2. The predicted octanol–water partition coefficient (Wildman–Crippen LogP) is 2.75. The Bertz CT molecular complexity index is 342. The number of hydrogen-bond donors (Lipinski definition) is 2. The highest BCUT2D eigenvalue weighted by molar-refractivity contribution is 5.19. The molecule has 0 radical (unpaired) electrons. The second kappa shape index (κ2) is 5.61. The molecule has 0 heterocycles. The third-order valence-electron chi connectivity index (χ3n) is 3.63. The smallest absolute Gasteiger partial charge is 0.123 e. The van der Waals surface area contributed by atoms with E-state index in [2.05, 4.69) is 12.2 Å². The highest BCUT2D eigenvalue weighted by Gasteiger charge is 2.20. The van der Waals surface area contributed by atoms with Crippen LogP contribution in [0.5, 0.6) is 0 Å². The van der Waals surface area contributed by atoms with Crippen LogP contribution in [0.4, 0.5) is 4.39 Å². The Morgan fingerprint density at radius 2 is 1.76 bits per heavy atom. The van der Waals surface area contributed by atoms with Crippen LogP contribution in [0.25, 0.3) is 0 Å². The third kappa shape index (κ3) is 3.51. The minimum absolute atomic E-state index is 0.176. The molecule has 1 saturated carbocycles. The van der Waals surface area contributed by atoms with Gasteiger partial charge in [0.15, 0.2) is 0 Å². The van der Waals surface area contributed by atoms with Crippen molar-refractivity contribution in [2.75, 3.05) is 0 Å². The molecule has 1 aromatic carbocycles. The molecule has 94 valence electrons. The van der Waals surface area contributed by atoms with E-state index in [1.54, 1.807) is 0 Å². The summed E-state index contributed by atoms with van der Waals surface area (Å²) in [5.41, 5.74) is 7.03. The highest BCUT2D eigenvalue weighted by atomic mass is 19.1. The molecule has 1 aromatic rings. The number of halogens is 1. The van der Waals surface area contributed by atoms with Gasteiger partial charge in [0.2, 0.25) is 0 Å². The van der Waals surface area contributed by atoms with Crippen molar-refractivity contribution >= 4 is 0 Å². The molecule has 2 rings (SSSR count). The summed E-state index contributed by atoms with van der Waals surface area (Å²) in [4.78, 5) is 0. The monoisotopic (exact) mass is 236 g/mol. The van der Waals surface area contributed by atoms with Crippen molar-refractivity contribution in [2.45, 2.75) is 50.7 Å². The van der Waals surface area contributed by atoms with Gasteiger partial charge >= 0.3 is 0 Å². The number of hydrogen-bond acceptors (Lipinski definition) is 2. The average molecular weight is 236 g/mol. The largest absolute Gasteiger partial charge is 0.328 e. The average Bonchev–Trinajstić information content (AvgIpc) is 2.33. The van der Waals surface area contributed by atoms with Gasteiger partial charge in [0.25, 0.3) is 0 Å².